The number of benzene rings is 3. The first-order valence-electron chi connectivity index (χ1n) is 9.48. The van der Waals surface area contributed by atoms with Crippen LogP contribution in [-0.4, -0.2) is 11.8 Å². The van der Waals surface area contributed by atoms with E-state index in [-0.39, 0.29) is 17.7 Å². The molecule has 4 heteroatoms. The molecule has 1 fully saturated rings. The molecule has 0 aromatic heterocycles. The number of hydrogen-bond donors (Lipinski definition) is 2. The van der Waals surface area contributed by atoms with Gasteiger partial charge >= 0.3 is 0 Å². The Morgan fingerprint density at radius 1 is 0.857 bits per heavy atom. The smallest absolute Gasteiger partial charge is 0.255 e. The van der Waals surface area contributed by atoms with Crippen LogP contribution in [0.15, 0.2) is 78.9 Å². The van der Waals surface area contributed by atoms with Crippen LogP contribution in [0.4, 0.5) is 11.4 Å². The van der Waals surface area contributed by atoms with E-state index >= 15 is 0 Å². The van der Waals surface area contributed by atoms with Crippen LogP contribution in [0.3, 0.4) is 0 Å². The maximum atomic E-state index is 12.8. The molecule has 28 heavy (non-hydrogen) atoms. The standard InChI is InChI=1S/C24H22N2O2/c1-16-14-21(16)24(28)25-19-11-7-10-18(15-19)23(27)26-22-13-6-5-12-20(22)17-8-3-2-4-9-17/h2-13,15-16,21H,14H2,1H3,(H,25,28)(H,26,27). The number of nitrogens with one attached hydrogen (secondary N) is 2. The molecule has 2 unspecified atom stereocenters. The minimum absolute atomic E-state index is 0.0273. The Balaban J connectivity index is 1.52. The predicted molar refractivity (Wildman–Crippen MR) is 112 cm³/mol. The van der Waals surface area contributed by atoms with Gasteiger partial charge in [-0.15, -0.1) is 0 Å². The van der Waals surface area contributed by atoms with Crippen molar-refractivity contribution >= 4 is 23.2 Å². The zero-order valence-electron chi connectivity index (χ0n) is 15.7. The highest BCUT2D eigenvalue weighted by atomic mass is 16.2. The van der Waals surface area contributed by atoms with Gasteiger partial charge in [-0.2, -0.15) is 0 Å². The van der Waals surface area contributed by atoms with Crippen molar-refractivity contribution in [2.24, 2.45) is 11.8 Å². The van der Waals surface area contributed by atoms with Crippen LogP contribution in [0.25, 0.3) is 11.1 Å². The van der Waals surface area contributed by atoms with E-state index in [2.05, 4.69) is 17.6 Å². The minimum Gasteiger partial charge on any atom is -0.326 e. The Kier molecular flexibility index (Phi) is 4.94. The van der Waals surface area contributed by atoms with Gasteiger partial charge in [0.1, 0.15) is 0 Å². The molecule has 0 saturated heterocycles. The van der Waals surface area contributed by atoms with E-state index < -0.39 is 0 Å². The van der Waals surface area contributed by atoms with E-state index in [9.17, 15) is 9.59 Å². The van der Waals surface area contributed by atoms with Gasteiger partial charge in [-0.25, -0.2) is 0 Å². The van der Waals surface area contributed by atoms with Crippen LogP contribution in [-0.2, 0) is 4.79 Å². The molecule has 4 nitrogen and oxygen atoms in total. The van der Waals surface area contributed by atoms with Gasteiger partial charge in [0.15, 0.2) is 0 Å². The third-order valence-electron chi connectivity index (χ3n) is 5.10. The molecule has 3 aromatic rings. The fraction of sp³-hybridized carbons (Fsp3) is 0.167. The van der Waals surface area contributed by atoms with Crippen LogP contribution in [0.1, 0.15) is 23.7 Å². The van der Waals surface area contributed by atoms with Crippen molar-refractivity contribution < 1.29 is 9.59 Å². The van der Waals surface area contributed by atoms with E-state index in [0.29, 0.717) is 17.2 Å². The van der Waals surface area contributed by atoms with Gasteiger partial charge < -0.3 is 10.6 Å². The molecule has 2 amide bonds. The van der Waals surface area contributed by atoms with Gasteiger partial charge in [0, 0.05) is 28.4 Å². The van der Waals surface area contributed by atoms with Gasteiger partial charge in [0.25, 0.3) is 5.91 Å². The van der Waals surface area contributed by atoms with Crippen LogP contribution in [0, 0.1) is 11.8 Å². The SMILES string of the molecule is CC1CC1C(=O)Nc1cccc(C(=O)Nc2ccccc2-c2ccccc2)c1. The average Bonchev–Trinajstić information content (AvgIpc) is 3.46. The first kappa shape index (κ1) is 18.0. The van der Waals surface area contributed by atoms with E-state index in [1.807, 2.05) is 54.6 Å². The molecule has 0 spiro atoms. The normalized spacial score (nSPS) is 17.6. The van der Waals surface area contributed by atoms with E-state index in [4.69, 9.17) is 0 Å². The van der Waals surface area contributed by atoms with Crippen molar-refractivity contribution in [2.45, 2.75) is 13.3 Å². The Labute approximate surface area is 164 Å². The maximum absolute atomic E-state index is 12.8. The van der Waals surface area contributed by atoms with E-state index in [1.54, 1.807) is 24.3 Å². The number of carbonyl (C=O) groups excluding carboxylic acids is 2. The van der Waals surface area contributed by atoms with Crippen molar-refractivity contribution in [1.29, 1.82) is 0 Å². The fourth-order valence-electron chi connectivity index (χ4n) is 3.32. The largest absolute Gasteiger partial charge is 0.326 e. The number of anilines is 2. The van der Waals surface area contributed by atoms with Crippen LogP contribution >= 0.6 is 0 Å². The first-order chi connectivity index (χ1) is 13.6. The second kappa shape index (κ2) is 7.69. The molecule has 3 aromatic carbocycles. The summed E-state index contributed by atoms with van der Waals surface area (Å²) in [7, 11) is 0. The van der Waals surface area contributed by atoms with Crippen LogP contribution in [0.2, 0.25) is 0 Å². The fourth-order valence-corrected chi connectivity index (χ4v) is 3.32. The molecule has 1 aliphatic carbocycles. The number of carbonyl (C=O) groups is 2. The highest BCUT2D eigenvalue weighted by molar-refractivity contribution is 6.07. The van der Waals surface area contributed by atoms with E-state index in [0.717, 1.165) is 23.2 Å². The third kappa shape index (κ3) is 3.96. The Morgan fingerprint density at radius 3 is 2.32 bits per heavy atom. The van der Waals surface area contributed by atoms with Gasteiger partial charge in [-0.3, -0.25) is 9.59 Å². The topological polar surface area (TPSA) is 58.2 Å². The summed E-state index contributed by atoms with van der Waals surface area (Å²) in [6.07, 6.45) is 0.933. The third-order valence-corrected chi connectivity index (χ3v) is 5.10. The van der Waals surface area contributed by atoms with Crippen molar-refractivity contribution in [3.63, 3.8) is 0 Å². The van der Waals surface area contributed by atoms with Crippen molar-refractivity contribution in [3.05, 3.63) is 84.4 Å². The lowest BCUT2D eigenvalue weighted by Gasteiger charge is -2.12. The molecule has 0 radical (unpaired) electrons. The first-order valence-corrected chi connectivity index (χ1v) is 9.48. The molecule has 0 bridgehead atoms. The summed E-state index contributed by atoms with van der Waals surface area (Å²) in [5.74, 6) is 0.356. The average molecular weight is 370 g/mol. The molecule has 4 rings (SSSR count). The second-order valence-corrected chi connectivity index (χ2v) is 7.26. The summed E-state index contributed by atoms with van der Waals surface area (Å²) < 4.78 is 0. The number of rotatable bonds is 5. The highest BCUT2D eigenvalue weighted by Crippen LogP contribution is 2.38. The summed E-state index contributed by atoms with van der Waals surface area (Å²) in [5.41, 5.74) is 3.90. The minimum atomic E-state index is -0.209. The van der Waals surface area contributed by atoms with Crippen LogP contribution < -0.4 is 10.6 Å². The number of hydrogen-bond acceptors (Lipinski definition) is 2. The molecule has 2 atom stereocenters. The monoisotopic (exact) mass is 370 g/mol. The van der Waals surface area contributed by atoms with Gasteiger partial charge in [-0.05, 0) is 42.2 Å². The van der Waals surface area contributed by atoms with Crippen molar-refractivity contribution in [2.75, 3.05) is 10.6 Å². The van der Waals surface area contributed by atoms with Crippen molar-refractivity contribution in [1.82, 2.24) is 0 Å². The predicted octanol–water partition coefficient (Wildman–Crippen LogP) is 5.20. The lowest BCUT2D eigenvalue weighted by Crippen LogP contribution is -2.16. The van der Waals surface area contributed by atoms with Gasteiger partial charge in [0.05, 0.1) is 0 Å². The quantitative estimate of drug-likeness (QED) is 0.648. The zero-order valence-corrected chi connectivity index (χ0v) is 15.7. The molecule has 0 aliphatic heterocycles. The zero-order chi connectivity index (χ0) is 19.5. The van der Waals surface area contributed by atoms with E-state index in [1.165, 1.54) is 0 Å². The molecule has 140 valence electrons. The Bertz CT molecular complexity index is 1010. The molecule has 0 heterocycles. The number of para-hydroxylation sites is 1. The summed E-state index contributed by atoms with van der Waals surface area (Å²) >= 11 is 0. The molecule has 1 saturated carbocycles. The second-order valence-electron chi connectivity index (χ2n) is 7.26. The summed E-state index contributed by atoms with van der Waals surface area (Å²) in [6.45, 7) is 2.07. The Morgan fingerprint density at radius 2 is 1.57 bits per heavy atom. The van der Waals surface area contributed by atoms with Crippen LogP contribution in [0.5, 0.6) is 0 Å². The summed E-state index contributed by atoms with van der Waals surface area (Å²) in [5, 5.41) is 5.91. The molecular formula is C24H22N2O2. The molecule has 2 N–H and O–H groups in total. The van der Waals surface area contributed by atoms with Gasteiger partial charge in [0.2, 0.25) is 5.91 Å². The van der Waals surface area contributed by atoms with Crippen molar-refractivity contribution in [3.8, 4) is 11.1 Å². The highest BCUT2D eigenvalue weighted by Gasteiger charge is 2.39. The molecule has 1 aliphatic rings. The molecular weight excluding hydrogens is 348 g/mol. The lowest BCUT2D eigenvalue weighted by molar-refractivity contribution is -0.117. The number of amides is 2. The summed E-state index contributed by atoms with van der Waals surface area (Å²) in [6, 6.07) is 24.7. The lowest BCUT2D eigenvalue weighted by atomic mass is 10.0. The summed E-state index contributed by atoms with van der Waals surface area (Å²) in [4.78, 5) is 25.0. The Hall–Kier alpha value is -3.40. The maximum Gasteiger partial charge on any atom is 0.255 e. The van der Waals surface area contributed by atoms with Gasteiger partial charge in [-0.1, -0.05) is 61.5 Å².